The zero-order chi connectivity index (χ0) is 11.1. The van der Waals surface area contributed by atoms with Crippen LogP contribution in [-0.4, -0.2) is 17.5 Å². The van der Waals surface area contributed by atoms with Crippen molar-refractivity contribution in [3.05, 3.63) is 29.8 Å². The molecule has 0 unspecified atom stereocenters. The van der Waals surface area contributed by atoms with Crippen LogP contribution in [0.5, 0.6) is 0 Å². The SMILES string of the molecule is NCC1(c2cncc(F)c2)CC(F)(F)C1. The second-order valence-corrected chi connectivity index (χ2v) is 4.09. The van der Waals surface area contributed by atoms with Crippen LogP contribution in [0.1, 0.15) is 18.4 Å². The van der Waals surface area contributed by atoms with Crippen molar-refractivity contribution in [1.29, 1.82) is 0 Å². The largest absolute Gasteiger partial charge is 0.330 e. The molecule has 0 amide bonds. The van der Waals surface area contributed by atoms with Crippen molar-refractivity contribution in [2.24, 2.45) is 5.73 Å². The van der Waals surface area contributed by atoms with E-state index in [9.17, 15) is 13.2 Å². The maximum Gasteiger partial charge on any atom is 0.250 e. The first-order valence-electron chi connectivity index (χ1n) is 4.66. The van der Waals surface area contributed by atoms with Gasteiger partial charge in [-0.1, -0.05) is 0 Å². The molecule has 0 aliphatic heterocycles. The maximum absolute atomic E-state index is 12.9. The van der Waals surface area contributed by atoms with Crippen LogP contribution in [0.25, 0.3) is 0 Å². The molecule has 15 heavy (non-hydrogen) atoms. The van der Waals surface area contributed by atoms with E-state index in [0.717, 1.165) is 6.20 Å². The number of nitrogens with zero attached hydrogens (tertiary/aromatic N) is 1. The predicted molar refractivity (Wildman–Crippen MR) is 49.1 cm³/mol. The molecule has 1 heterocycles. The van der Waals surface area contributed by atoms with Gasteiger partial charge in [-0.25, -0.2) is 13.2 Å². The molecule has 0 aromatic carbocycles. The molecule has 0 bridgehead atoms. The summed E-state index contributed by atoms with van der Waals surface area (Å²) < 4.78 is 38.6. The summed E-state index contributed by atoms with van der Waals surface area (Å²) in [6.07, 6.45) is 1.82. The maximum atomic E-state index is 12.9. The highest BCUT2D eigenvalue weighted by atomic mass is 19.3. The van der Waals surface area contributed by atoms with Gasteiger partial charge in [-0.2, -0.15) is 0 Å². The van der Waals surface area contributed by atoms with E-state index in [1.54, 1.807) is 0 Å². The zero-order valence-electron chi connectivity index (χ0n) is 8.01. The average molecular weight is 216 g/mol. The van der Waals surface area contributed by atoms with Crippen LogP contribution < -0.4 is 5.73 Å². The molecular weight excluding hydrogens is 205 g/mol. The number of nitrogens with two attached hydrogens (primary N) is 1. The predicted octanol–water partition coefficient (Wildman–Crippen LogP) is 1.85. The number of rotatable bonds is 2. The van der Waals surface area contributed by atoms with E-state index in [1.807, 2.05) is 0 Å². The van der Waals surface area contributed by atoms with Gasteiger partial charge in [0.05, 0.1) is 6.20 Å². The monoisotopic (exact) mass is 216 g/mol. The molecule has 1 aromatic rings. The van der Waals surface area contributed by atoms with Gasteiger partial charge in [0.15, 0.2) is 0 Å². The third-order valence-electron chi connectivity index (χ3n) is 2.90. The highest BCUT2D eigenvalue weighted by molar-refractivity contribution is 5.29. The van der Waals surface area contributed by atoms with Crippen LogP contribution in [0.15, 0.2) is 18.5 Å². The summed E-state index contributed by atoms with van der Waals surface area (Å²) >= 11 is 0. The molecule has 0 atom stereocenters. The van der Waals surface area contributed by atoms with Gasteiger partial charge in [-0.15, -0.1) is 0 Å². The van der Waals surface area contributed by atoms with Crippen LogP contribution in [0.3, 0.4) is 0 Å². The van der Waals surface area contributed by atoms with Gasteiger partial charge in [0.25, 0.3) is 0 Å². The number of hydrogen-bond donors (Lipinski definition) is 1. The fourth-order valence-corrected chi connectivity index (χ4v) is 2.11. The molecule has 5 heteroatoms. The Balaban J connectivity index is 2.29. The Labute approximate surface area is 85.3 Å². The van der Waals surface area contributed by atoms with Crippen LogP contribution in [-0.2, 0) is 5.41 Å². The Morgan fingerprint density at radius 3 is 2.47 bits per heavy atom. The fraction of sp³-hybridized carbons (Fsp3) is 0.500. The smallest absolute Gasteiger partial charge is 0.250 e. The van der Waals surface area contributed by atoms with Gasteiger partial charge in [0.1, 0.15) is 5.82 Å². The molecule has 0 radical (unpaired) electrons. The first-order chi connectivity index (χ1) is 6.97. The Kier molecular flexibility index (Phi) is 2.22. The van der Waals surface area contributed by atoms with Gasteiger partial charge in [-0.05, 0) is 11.6 Å². The molecule has 82 valence electrons. The fourth-order valence-electron chi connectivity index (χ4n) is 2.11. The lowest BCUT2D eigenvalue weighted by atomic mass is 9.62. The minimum atomic E-state index is -2.67. The van der Waals surface area contributed by atoms with Crippen molar-refractivity contribution in [1.82, 2.24) is 4.98 Å². The summed E-state index contributed by atoms with van der Waals surface area (Å²) in [6, 6.07) is 1.23. The minimum Gasteiger partial charge on any atom is -0.330 e. The zero-order valence-corrected chi connectivity index (χ0v) is 8.01. The summed E-state index contributed by atoms with van der Waals surface area (Å²) in [5.74, 6) is -3.19. The third-order valence-corrected chi connectivity index (χ3v) is 2.90. The van der Waals surface area contributed by atoms with Gasteiger partial charge >= 0.3 is 0 Å². The number of hydrogen-bond acceptors (Lipinski definition) is 2. The number of pyridine rings is 1. The Morgan fingerprint density at radius 1 is 1.33 bits per heavy atom. The lowest BCUT2D eigenvalue weighted by Crippen LogP contribution is -2.53. The first kappa shape index (κ1) is 10.4. The molecule has 1 aliphatic rings. The Morgan fingerprint density at radius 2 is 2.00 bits per heavy atom. The second kappa shape index (κ2) is 3.20. The van der Waals surface area contributed by atoms with E-state index in [2.05, 4.69) is 4.98 Å². The highest BCUT2D eigenvalue weighted by Gasteiger charge is 2.56. The number of alkyl halides is 2. The van der Waals surface area contributed by atoms with Crippen LogP contribution in [0.2, 0.25) is 0 Å². The second-order valence-electron chi connectivity index (χ2n) is 4.09. The van der Waals surface area contributed by atoms with Crippen molar-refractivity contribution in [3.63, 3.8) is 0 Å². The molecule has 1 aliphatic carbocycles. The quantitative estimate of drug-likeness (QED) is 0.819. The molecule has 0 saturated heterocycles. The summed E-state index contributed by atoms with van der Waals surface area (Å²) in [7, 11) is 0. The van der Waals surface area contributed by atoms with E-state index in [0.29, 0.717) is 5.56 Å². The lowest BCUT2D eigenvalue weighted by molar-refractivity contribution is -0.123. The standard InChI is InChI=1S/C10H11F3N2/c11-8-1-7(2-15-3-8)9(6-14)4-10(12,13)5-9/h1-3H,4-6,14H2. The third kappa shape index (κ3) is 1.71. The van der Waals surface area contributed by atoms with Crippen molar-refractivity contribution in [3.8, 4) is 0 Å². The molecule has 0 spiro atoms. The van der Waals surface area contributed by atoms with E-state index >= 15 is 0 Å². The lowest BCUT2D eigenvalue weighted by Gasteiger charge is -2.46. The van der Waals surface area contributed by atoms with Crippen molar-refractivity contribution >= 4 is 0 Å². The van der Waals surface area contributed by atoms with Crippen molar-refractivity contribution < 1.29 is 13.2 Å². The average Bonchev–Trinajstić information content (AvgIpc) is 2.13. The number of halogens is 3. The topological polar surface area (TPSA) is 38.9 Å². The highest BCUT2D eigenvalue weighted by Crippen LogP contribution is 2.52. The van der Waals surface area contributed by atoms with E-state index in [4.69, 9.17) is 5.73 Å². The summed E-state index contributed by atoms with van der Waals surface area (Å²) in [5.41, 5.74) is 5.16. The summed E-state index contributed by atoms with van der Waals surface area (Å²) in [5, 5.41) is 0. The minimum absolute atomic E-state index is 0.0910. The van der Waals surface area contributed by atoms with Gasteiger partial charge in [0.2, 0.25) is 5.92 Å². The van der Waals surface area contributed by atoms with E-state index < -0.39 is 17.2 Å². The molecular formula is C10H11F3N2. The van der Waals surface area contributed by atoms with Gasteiger partial charge in [0, 0.05) is 31.0 Å². The normalized spacial score (nSPS) is 22.1. The van der Waals surface area contributed by atoms with Gasteiger partial charge < -0.3 is 5.73 Å². The van der Waals surface area contributed by atoms with Crippen LogP contribution in [0.4, 0.5) is 13.2 Å². The van der Waals surface area contributed by atoms with Crippen molar-refractivity contribution in [2.75, 3.05) is 6.54 Å². The van der Waals surface area contributed by atoms with Crippen molar-refractivity contribution in [2.45, 2.75) is 24.2 Å². The Hall–Kier alpha value is -1.10. The molecule has 2 nitrogen and oxygen atoms in total. The molecule has 1 aromatic heterocycles. The van der Waals surface area contributed by atoms with Gasteiger partial charge in [-0.3, -0.25) is 4.98 Å². The summed E-state index contributed by atoms with van der Waals surface area (Å²) in [6.45, 7) is 0.0910. The van der Waals surface area contributed by atoms with E-state index in [-0.39, 0.29) is 19.4 Å². The number of aromatic nitrogens is 1. The van der Waals surface area contributed by atoms with E-state index in [1.165, 1.54) is 12.3 Å². The molecule has 1 saturated carbocycles. The molecule has 2 N–H and O–H groups in total. The summed E-state index contributed by atoms with van der Waals surface area (Å²) in [4.78, 5) is 3.65. The first-order valence-corrected chi connectivity index (χ1v) is 4.66. The Bertz CT molecular complexity index is 371. The molecule has 1 fully saturated rings. The van der Waals surface area contributed by atoms with Crippen LogP contribution >= 0.6 is 0 Å². The van der Waals surface area contributed by atoms with Crippen LogP contribution in [0, 0.1) is 5.82 Å². The molecule has 2 rings (SSSR count).